The van der Waals surface area contributed by atoms with Gasteiger partial charge in [0.1, 0.15) is 0 Å². The molecule has 0 bridgehead atoms. The van der Waals surface area contributed by atoms with Crippen molar-refractivity contribution < 1.29 is 4.79 Å². The molecule has 87 valence electrons. The van der Waals surface area contributed by atoms with Gasteiger partial charge in [-0.3, -0.25) is 10.1 Å². The number of fused-ring (bicyclic) bond motifs is 1. The van der Waals surface area contributed by atoms with Gasteiger partial charge < -0.3 is 5.32 Å². The Morgan fingerprint density at radius 1 is 1.22 bits per heavy atom. The Kier molecular flexibility index (Phi) is 2.45. The first-order chi connectivity index (χ1) is 8.84. The molecule has 2 N–H and O–H groups in total. The van der Waals surface area contributed by atoms with Crippen molar-refractivity contribution >= 4 is 29.6 Å². The SMILES string of the molecule is O=C(Nc1ncnc2c1NC=[N+]2)c1ccccc1. The molecule has 1 amide bonds. The molecular weight excluding hydrogens is 230 g/mol. The van der Waals surface area contributed by atoms with Crippen LogP contribution in [0.2, 0.25) is 0 Å². The summed E-state index contributed by atoms with van der Waals surface area (Å²) in [6, 6.07) is 8.94. The second kappa shape index (κ2) is 4.25. The van der Waals surface area contributed by atoms with E-state index >= 15 is 0 Å². The van der Waals surface area contributed by atoms with Crippen LogP contribution >= 0.6 is 0 Å². The lowest BCUT2D eigenvalue weighted by Gasteiger charge is -2.04. The molecule has 1 aromatic heterocycles. The van der Waals surface area contributed by atoms with Crippen LogP contribution in [0, 0.1) is 0 Å². The van der Waals surface area contributed by atoms with Crippen LogP contribution in [-0.2, 0) is 0 Å². The van der Waals surface area contributed by atoms with Crippen LogP contribution in [0.15, 0.2) is 36.7 Å². The summed E-state index contributed by atoms with van der Waals surface area (Å²) in [5.41, 5.74) is 1.19. The standard InChI is InChI=1S/C12H9N5O/c18-12(8-4-2-1-3-5-8)17-11-9-10(14-6-13-9)15-7-16-11/h1-7,13H,(H,15,16,17,18)/q+1. The highest BCUT2D eigenvalue weighted by molar-refractivity contribution is 6.07. The third kappa shape index (κ3) is 1.80. The monoisotopic (exact) mass is 239 g/mol. The minimum atomic E-state index is -0.217. The predicted molar refractivity (Wildman–Crippen MR) is 67.9 cm³/mol. The number of aliphatic imine (C=N–C) groups is 1. The number of benzene rings is 1. The lowest BCUT2D eigenvalue weighted by Crippen LogP contribution is -2.14. The van der Waals surface area contributed by atoms with E-state index < -0.39 is 0 Å². The Hall–Kier alpha value is -2.76. The minimum Gasteiger partial charge on any atom is -0.303 e. The molecule has 0 saturated carbocycles. The van der Waals surface area contributed by atoms with Crippen molar-refractivity contribution in [2.75, 3.05) is 10.6 Å². The average Bonchev–Trinajstić information content (AvgIpc) is 2.89. The van der Waals surface area contributed by atoms with Gasteiger partial charge in [-0.15, -0.1) is 0 Å². The highest BCUT2D eigenvalue weighted by atomic mass is 16.1. The average molecular weight is 239 g/mol. The van der Waals surface area contributed by atoms with Crippen LogP contribution in [0.4, 0.5) is 17.3 Å². The second-order valence-electron chi connectivity index (χ2n) is 3.64. The number of hydrogen-bond acceptors (Lipinski definition) is 5. The highest BCUT2D eigenvalue weighted by Crippen LogP contribution is 2.27. The lowest BCUT2D eigenvalue weighted by molar-refractivity contribution is 0.102. The smallest absolute Gasteiger partial charge is 0.303 e. The van der Waals surface area contributed by atoms with E-state index in [-0.39, 0.29) is 5.91 Å². The van der Waals surface area contributed by atoms with Crippen molar-refractivity contribution in [1.29, 1.82) is 0 Å². The van der Waals surface area contributed by atoms with E-state index in [1.165, 1.54) is 12.7 Å². The van der Waals surface area contributed by atoms with E-state index in [1.54, 1.807) is 24.3 Å². The van der Waals surface area contributed by atoms with Crippen LogP contribution < -0.4 is 15.6 Å². The van der Waals surface area contributed by atoms with Gasteiger partial charge in [0.25, 0.3) is 5.91 Å². The molecule has 0 spiro atoms. The van der Waals surface area contributed by atoms with Gasteiger partial charge in [-0.05, 0) is 12.1 Å². The number of amides is 1. The van der Waals surface area contributed by atoms with E-state index in [0.717, 1.165) is 0 Å². The summed E-state index contributed by atoms with van der Waals surface area (Å²) in [6.45, 7) is 0. The molecule has 0 saturated heterocycles. The largest absolute Gasteiger partial charge is 0.341 e. The number of carbonyl (C=O) groups excluding carboxylic acids is 1. The molecule has 1 aliphatic rings. The number of nitrogens with zero attached hydrogens (tertiary/aromatic N) is 3. The molecule has 0 fully saturated rings. The molecular formula is C12H9N5O+. The summed E-state index contributed by atoms with van der Waals surface area (Å²) in [5, 5.41) is 5.62. The van der Waals surface area contributed by atoms with Crippen molar-refractivity contribution in [1.82, 2.24) is 15.0 Å². The van der Waals surface area contributed by atoms with E-state index in [4.69, 9.17) is 0 Å². The fourth-order valence-electron chi connectivity index (χ4n) is 1.63. The van der Waals surface area contributed by atoms with Crippen LogP contribution in [0.25, 0.3) is 0 Å². The van der Waals surface area contributed by atoms with E-state index in [1.807, 2.05) is 6.07 Å². The van der Waals surface area contributed by atoms with Crippen LogP contribution in [0.5, 0.6) is 0 Å². The number of carbonyl (C=O) groups is 1. The first kappa shape index (κ1) is 10.4. The topological polar surface area (TPSA) is 81.0 Å². The fourth-order valence-corrected chi connectivity index (χ4v) is 1.63. The third-order valence-corrected chi connectivity index (χ3v) is 2.49. The highest BCUT2D eigenvalue weighted by Gasteiger charge is 2.23. The van der Waals surface area contributed by atoms with Gasteiger partial charge >= 0.3 is 5.82 Å². The summed E-state index contributed by atoms with van der Waals surface area (Å²) in [6.07, 6.45) is 2.88. The molecule has 3 rings (SSSR count). The van der Waals surface area contributed by atoms with E-state index in [9.17, 15) is 4.79 Å². The molecule has 0 unspecified atom stereocenters. The summed E-state index contributed by atoms with van der Waals surface area (Å²) >= 11 is 0. The van der Waals surface area contributed by atoms with Crippen molar-refractivity contribution in [3.8, 4) is 0 Å². The third-order valence-electron chi connectivity index (χ3n) is 2.49. The van der Waals surface area contributed by atoms with Gasteiger partial charge in [-0.2, -0.15) is 4.98 Å². The molecule has 1 aromatic carbocycles. The maximum absolute atomic E-state index is 12.0. The predicted octanol–water partition coefficient (Wildman–Crippen LogP) is 1.15. The second-order valence-corrected chi connectivity index (χ2v) is 3.64. The van der Waals surface area contributed by atoms with Crippen molar-refractivity contribution in [2.24, 2.45) is 0 Å². The Bertz CT molecular complexity index is 624. The first-order valence-corrected chi connectivity index (χ1v) is 5.35. The van der Waals surface area contributed by atoms with Gasteiger partial charge in [-0.1, -0.05) is 28.2 Å². The molecule has 1 aliphatic heterocycles. The summed E-state index contributed by atoms with van der Waals surface area (Å²) in [7, 11) is 0. The molecule has 6 heteroatoms. The van der Waals surface area contributed by atoms with E-state index in [0.29, 0.717) is 22.9 Å². The normalized spacial score (nSPS) is 11.8. The van der Waals surface area contributed by atoms with Crippen molar-refractivity contribution in [3.63, 3.8) is 0 Å². The lowest BCUT2D eigenvalue weighted by atomic mass is 10.2. The quantitative estimate of drug-likeness (QED) is 0.823. The molecule has 1 radical (unpaired) electrons. The zero-order chi connectivity index (χ0) is 12.4. The maximum Gasteiger partial charge on any atom is 0.341 e. The van der Waals surface area contributed by atoms with Gasteiger partial charge in [0.2, 0.25) is 12.0 Å². The number of rotatable bonds is 2. The number of anilines is 2. The fraction of sp³-hybridized carbons (Fsp3) is 0. The van der Waals surface area contributed by atoms with Crippen LogP contribution in [0.1, 0.15) is 10.4 Å². The van der Waals surface area contributed by atoms with Crippen molar-refractivity contribution in [2.45, 2.75) is 0 Å². The molecule has 2 aromatic rings. The van der Waals surface area contributed by atoms with Gasteiger partial charge in [0, 0.05) is 5.56 Å². The summed E-state index contributed by atoms with van der Waals surface area (Å²) in [5.74, 6) is 0.727. The van der Waals surface area contributed by atoms with Crippen molar-refractivity contribution in [3.05, 3.63) is 42.2 Å². The van der Waals surface area contributed by atoms with E-state index in [2.05, 4.69) is 25.6 Å². The Labute approximate surface area is 103 Å². The molecule has 18 heavy (non-hydrogen) atoms. The molecule has 6 nitrogen and oxygen atoms in total. The Balaban J connectivity index is 1.86. The van der Waals surface area contributed by atoms with Crippen LogP contribution in [-0.4, -0.2) is 22.2 Å². The van der Waals surface area contributed by atoms with Gasteiger partial charge in [-0.25, -0.2) is 0 Å². The Morgan fingerprint density at radius 2 is 2.06 bits per heavy atom. The van der Waals surface area contributed by atoms with Gasteiger partial charge in [0.15, 0.2) is 12.1 Å². The zero-order valence-electron chi connectivity index (χ0n) is 9.29. The number of hydrogen-bond donors (Lipinski definition) is 2. The number of nitrogens with one attached hydrogen (secondary N) is 2. The summed E-state index contributed by atoms with van der Waals surface area (Å²) < 4.78 is 0. The zero-order valence-corrected chi connectivity index (χ0v) is 9.29. The molecule has 0 aliphatic carbocycles. The maximum atomic E-state index is 12.0. The summed E-state index contributed by atoms with van der Waals surface area (Å²) in [4.78, 5) is 24.0. The minimum absolute atomic E-state index is 0.217. The number of aromatic nitrogens is 2. The van der Waals surface area contributed by atoms with Gasteiger partial charge in [0.05, 0.1) is 0 Å². The first-order valence-electron chi connectivity index (χ1n) is 5.35. The molecule has 0 atom stereocenters. The molecule has 2 heterocycles. The Morgan fingerprint density at radius 3 is 2.89 bits per heavy atom. The van der Waals surface area contributed by atoms with Crippen LogP contribution in [0.3, 0.4) is 0 Å².